The predicted octanol–water partition coefficient (Wildman–Crippen LogP) is 5.00. The third-order valence-electron chi connectivity index (χ3n) is 5.71. The van der Waals surface area contributed by atoms with Gasteiger partial charge in [-0.15, -0.1) is 0 Å². The molecule has 1 saturated heterocycles. The topological polar surface area (TPSA) is 82.7 Å². The third kappa shape index (κ3) is 4.04. The second-order valence-electron chi connectivity index (χ2n) is 7.72. The van der Waals surface area contributed by atoms with Crippen molar-refractivity contribution < 1.29 is 4.79 Å². The summed E-state index contributed by atoms with van der Waals surface area (Å²) < 4.78 is 0. The number of nitrogens with one attached hydrogen (secondary N) is 3. The number of amides is 1. The Balaban J connectivity index is 1.50. The van der Waals surface area contributed by atoms with Crippen LogP contribution in [0.5, 0.6) is 0 Å². The number of carbonyl (C=O) groups is 1. The van der Waals surface area contributed by atoms with Gasteiger partial charge in [0.15, 0.2) is 0 Å². The lowest BCUT2D eigenvalue weighted by Gasteiger charge is -2.21. The summed E-state index contributed by atoms with van der Waals surface area (Å²) >= 11 is 6.53. The largest absolute Gasteiger partial charge is 0.343 e. The molecule has 3 N–H and O–H groups in total. The number of hydrogen-bond donors (Lipinski definition) is 3. The number of benzene rings is 1. The number of rotatable bonds is 4. The Bertz CT molecular complexity index is 1230. The summed E-state index contributed by atoms with van der Waals surface area (Å²) in [6.45, 7) is 2.05. The van der Waals surface area contributed by atoms with E-state index in [1.165, 1.54) is 5.69 Å². The van der Waals surface area contributed by atoms with Gasteiger partial charge in [-0.1, -0.05) is 29.8 Å². The molecule has 1 aliphatic rings. The van der Waals surface area contributed by atoms with Crippen LogP contribution in [-0.4, -0.2) is 33.9 Å². The number of aromatic amines is 1. The molecule has 31 heavy (non-hydrogen) atoms. The number of carbonyl (C=O) groups excluding carboxylic acids is 1. The minimum Gasteiger partial charge on any atom is -0.343 e. The molecule has 7 heteroatoms. The van der Waals surface area contributed by atoms with E-state index in [0.717, 1.165) is 42.5 Å². The molecule has 1 aromatic carbocycles. The Morgan fingerprint density at radius 3 is 2.68 bits per heavy atom. The van der Waals surface area contributed by atoms with Gasteiger partial charge < -0.3 is 15.6 Å². The van der Waals surface area contributed by atoms with Gasteiger partial charge in [-0.2, -0.15) is 0 Å². The van der Waals surface area contributed by atoms with Gasteiger partial charge >= 0.3 is 0 Å². The molecule has 1 amide bonds. The zero-order valence-corrected chi connectivity index (χ0v) is 17.6. The molecule has 1 fully saturated rings. The first-order valence-corrected chi connectivity index (χ1v) is 10.8. The van der Waals surface area contributed by atoms with Crippen molar-refractivity contribution in [3.05, 3.63) is 77.1 Å². The van der Waals surface area contributed by atoms with Crippen LogP contribution >= 0.6 is 11.6 Å². The van der Waals surface area contributed by atoms with Crippen molar-refractivity contribution in [1.29, 1.82) is 0 Å². The van der Waals surface area contributed by atoms with Gasteiger partial charge in [0.2, 0.25) is 0 Å². The molecule has 0 spiro atoms. The summed E-state index contributed by atoms with van der Waals surface area (Å²) in [6.07, 6.45) is 3.96. The van der Waals surface area contributed by atoms with Crippen LogP contribution in [0.4, 0.5) is 5.82 Å². The van der Waals surface area contributed by atoms with Gasteiger partial charge in [0.25, 0.3) is 5.91 Å². The molecule has 0 radical (unpaired) electrons. The quantitative estimate of drug-likeness (QED) is 0.424. The molecule has 4 aromatic rings. The molecular formula is C24H22ClN5O. The van der Waals surface area contributed by atoms with E-state index in [-0.39, 0.29) is 5.91 Å². The Labute approximate surface area is 185 Å². The van der Waals surface area contributed by atoms with E-state index >= 15 is 0 Å². The van der Waals surface area contributed by atoms with Crippen molar-refractivity contribution >= 4 is 34.4 Å². The van der Waals surface area contributed by atoms with Gasteiger partial charge in [-0.05, 0) is 62.3 Å². The minimum absolute atomic E-state index is 0.212. The fraction of sp³-hybridized carbons (Fsp3) is 0.208. The van der Waals surface area contributed by atoms with Crippen LogP contribution < -0.4 is 10.6 Å². The van der Waals surface area contributed by atoms with Gasteiger partial charge in [0, 0.05) is 34.3 Å². The zero-order chi connectivity index (χ0) is 21.2. The highest BCUT2D eigenvalue weighted by molar-refractivity contribution is 6.33. The first-order chi connectivity index (χ1) is 15.2. The van der Waals surface area contributed by atoms with Gasteiger partial charge in [-0.3, -0.25) is 4.79 Å². The Morgan fingerprint density at radius 1 is 1.06 bits per heavy atom. The average Bonchev–Trinajstić information content (AvgIpc) is 3.26. The number of hydrogen-bond acceptors (Lipinski definition) is 4. The molecule has 0 bridgehead atoms. The maximum absolute atomic E-state index is 12.5. The standard InChI is InChI=1S/C24H22ClN5O/c25-19-6-7-21(30-24(31)16-4-2-1-3-5-16)29-22(19)17-10-13-27-23-18(17)14-20(28-23)15-8-11-26-12-9-15/h1-7,10,13-15,26H,8-9,11-12H2,(H,27,28)(H,29,30,31). The van der Waals surface area contributed by atoms with Crippen LogP contribution in [0.1, 0.15) is 34.8 Å². The number of fused-ring (bicyclic) bond motifs is 1. The SMILES string of the molecule is O=C(Nc1ccc(Cl)c(-c2ccnc3[nH]c(C4CCNCC4)cc23)n1)c1ccccc1. The van der Waals surface area contributed by atoms with Crippen molar-refractivity contribution in [2.45, 2.75) is 18.8 Å². The number of anilines is 1. The molecular weight excluding hydrogens is 410 g/mol. The highest BCUT2D eigenvalue weighted by atomic mass is 35.5. The Hall–Kier alpha value is -3.22. The van der Waals surface area contributed by atoms with E-state index in [0.29, 0.717) is 28.0 Å². The van der Waals surface area contributed by atoms with E-state index in [9.17, 15) is 4.79 Å². The first kappa shape index (κ1) is 19.7. The average molecular weight is 432 g/mol. The van der Waals surface area contributed by atoms with Crippen molar-refractivity contribution in [3.8, 4) is 11.3 Å². The van der Waals surface area contributed by atoms with Crippen LogP contribution in [0.25, 0.3) is 22.3 Å². The summed E-state index contributed by atoms with van der Waals surface area (Å²) in [4.78, 5) is 25.2. The van der Waals surface area contributed by atoms with E-state index < -0.39 is 0 Å². The predicted molar refractivity (Wildman–Crippen MR) is 124 cm³/mol. The monoisotopic (exact) mass is 431 g/mol. The lowest BCUT2D eigenvalue weighted by atomic mass is 9.94. The number of nitrogens with zero attached hydrogens (tertiary/aromatic N) is 2. The van der Waals surface area contributed by atoms with E-state index in [2.05, 4.69) is 31.7 Å². The van der Waals surface area contributed by atoms with Gasteiger partial charge in [0.1, 0.15) is 11.5 Å². The molecule has 6 nitrogen and oxygen atoms in total. The fourth-order valence-electron chi connectivity index (χ4n) is 4.09. The number of H-pyrrole nitrogens is 1. The second-order valence-corrected chi connectivity index (χ2v) is 8.12. The molecule has 1 aliphatic heterocycles. The summed E-state index contributed by atoms with van der Waals surface area (Å²) in [7, 11) is 0. The summed E-state index contributed by atoms with van der Waals surface area (Å²) in [5.41, 5.74) is 4.10. The lowest BCUT2D eigenvalue weighted by Crippen LogP contribution is -2.26. The van der Waals surface area contributed by atoms with Gasteiger partial charge in [-0.25, -0.2) is 9.97 Å². The Morgan fingerprint density at radius 2 is 1.87 bits per heavy atom. The molecule has 3 aromatic heterocycles. The molecule has 0 unspecified atom stereocenters. The van der Waals surface area contributed by atoms with E-state index in [4.69, 9.17) is 11.6 Å². The maximum atomic E-state index is 12.5. The van der Waals surface area contributed by atoms with Crippen LogP contribution in [0.2, 0.25) is 5.02 Å². The highest BCUT2D eigenvalue weighted by Gasteiger charge is 2.20. The molecule has 0 saturated carbocycles. The smallest absolute Gasteiger partial charge is 0.256 e. The minimum atomic E-state index is -0.212. The molecule has 0 atom stereocenters. The van der Waals surface area contributed by atoms with Crippen molar-refractivity contribution in [1.82, 2.24) is 20.3 Å². The number of piperidine rings is 1. The van der Waals surface area contributed by atoms with Crippen LogP contribution in [0, 0.1) is 0 Å². The molecule has 5 rings (SSSR count). The molecule has 0 aliphatic carbocycles. The Kier molecular flexibility index (Phi) is 5.40. The van der Waals surface area contributed by atoms with Crippen LogP contribution in [-0.2, 0) is 0 Å². The summed E-state index contributed by atoms with van der Waals surface area (Å²) in [5, 5.41) is 7.77. The number of aromatic nitrogens is 3. The normalized spacial score (nSPS) is 14.6. The molecule has 156 valence electrons. The zero-order valence-electron chi connectivity index (χ0n) is 16.9. The summed E-state index contributed by atoms with van der Waals surface area (Å²) in [6, 6.07) is 16.6. The number of pyridine rings is 2. The molecule has 4 heterocycles. The summed E-state index contributed by atoms with van der Waals surface area (Å²) in [5.74, 6) is 0.728. The van der Waals surface area contributed by atoms with Crippen molar-refractivity contribution in [3.63, 3.8) is 0 Å². The van der Waals surface area contributed by atoms with Crippen LogP contribution in [0.3, 0.4) is 0 Å². The van der Waals surface area contributed by atoms with E-state index in [1.807, 2.05) is 24.3 Å². The lowest BCUT2D eigenvalue weighted by molar-refractivity contribution is 0.102. The van der Waals surface area contributed by atoms with E-state index in [1.54, 1.807) is 30.5 Å². The first-order valence-electron chi connectivity index (χ1n) is 10.4. The third-order valence-corrected chi connectivity index (χ3v) is 6.02. The number of halogens is 1. The highest BCUT2D eigenvalue weighted by Crippen LogP contribution is 2.35. The van der Waals surface area contributed by atoms with Crippen LogP contribution in [0.15, 0.2) is 60.8 Å². The second kappa shape index (κ2) is 8.49. The fourth-order valence-corrected chi connectivity index (χ4v) is 4.29. The van der Waals surface area contributed by atoms with Crippen molar-refractivity contribution in [2.24, 2.45) is 0 Å². The van der Waals surface area contributed by atoms with Crippen molar-refractivity contribution in [2.75, 3.05) is 18.4 Å². The maximum Gasteiger partial charge on any atom is 0.256 e. The van der Waals surface area contributed by atoms with Gasteiger partial charge in [0.05, 0.1) is 10.7 Å².